The first-order valence-electron chi connectivity index (χ1n) is 6.62. The van der Waals surface area contributed by atoms with E-state index < -0.39 is 0 Å². The Kier molecular flexibility index (Phi) is 4.85. The zero-order chi connectivity index (χ0) is 15.4. The van der Waals surface area contributed by atoms with Crippen molar-refractivity contribution in [3.8, 4) is 0 Å². The van der Waals surface area contributed by atoms with Crippen LogP contribution in [0.1, 0.15) is 17.8 Å². The van der Waals surface area contributed by atoms with Gasteiger partial charge in [0.2, 0.25) is 5.91 Å². The van der Waals surface area contributed by atoms with E-state index in [2.05, 4.69) is 15.5 Å². The lowest BCUT2D eigenvalue weighted by molar-refractivity contribution is -0.115. The van der Waals surface area contributed by atoms with Gasteiger partial charge in [0.05, 0.1) is 0 Å². The molecule has 1 aromatic heterocycles. The Morgan fingerprint density at radius 1 is 1.38 bits per heavy atom. The molecule has 2 rings (SSSR count). The van der Waals surface area contributed by atoms with Crippen LogP contribution in [-0.4, -0.2) is 26.4 Å². The van der Waals surface area contributed by atoms with Crippen LogP contribution in [-0.2, 0) is 11.8 Å². The number of nitrogens with one attached hydrogen (secondary N) is 1. The molecule has 0 fully saturated rings. The third-order valence-corrected chi connectivity index (χ3v) is 4.28. The standard InChI is InChI=1S/C14H19N5OS/c1-9-11(15)5-4-6-12(9)16-13(20)7-8-21-14-18-17-10(2)19(14)3/h4-6H,7-8,15H2,1-3H3,(H,16,20). The molecule has 2 aromatic rings. The maximum absolute atomic E-state index is 11.9. The number of carbonyl (C=O) groups excluding carboxylic acids is 1. The Hall–Kier alpha value is -2.02. The zero-order valence-corrected chi connectivity index (χ0v) is 13.2. The van der Waals surface area contributed by atoms with Gasteiger partial charge in [-0.1, -0.05) is 17.8 Å². The largest absolute Gasteiger partial charge is 0.398 e. The Labute approximate surface area is 128 Å². The third-order valence-electron chi connectivity index (χ3n) is 3.26. The Balaban J connectivity index is 1.85. The van der Waals surface area contributed by atoms with E-state index in [-0.39, 0.29) is 5.91 Å². The van der Waals surface area contributed by atoms with Crippen LogP contribution in [0.15, 0.2) is 23.4 Å². The predicted octanol–water partition coefficient (Wildman–Crippen LogP) is 2.14. The highest BCUT2D eigenvalue weighted by Gasteiger charge is 2.09. The van der Waals surface area contributed by atoms with Crippen LogP contribution in [0, 0.1) is 13.8 Å². The summed E-state index contributed by atoms with van der Waals surface area (Å²) in [5, 5.41) is 11.7. The van der Waals surface area contributed by atoms with Crippen molar-refractivity contribution in [1.82, 2.24) is 14.8 Å². The molecule has 1 aromatic carbocycles. The maximum atomic E-state index is 11.9. The number of hydrogen-bond donors (Lipinski definition) is 2. The van der Waals surface area contributed by atoms with Crippen LogP contribution < -0.4 is 11.1 Å². The minimum atomic E-state index is -0.0323. The fraction of sp³-hybridized carbons (Fsp3) is 0.357. The zero-order valence-electron chi connectivity index (χ0n) is 12.4. The van der Waals surface area contributed by atoms with Crippen LogP contribution in [0.4, 0.5) is 11.4 Å². The van der Waals surface area contributed by atoms with Gasteiger partial charge in [0, 0.05) is 30.6 Å². The Bertz CT molecular complexity index is 653. The quantitative estimate of drug-likeness (QED) is 0.653. The van der Waals surface area contributed by atoms with E-state index in [1.165, 1.54) is 11.8 Å². The van der Waals surface area contributed by atoms with Crippen LogP contribution in [0.25, 0.3) is 0 Å². The van der Waals surface area contributed by atoms with E-state index in [0.29, 0.717) is 17.9 Å². The van der Waals surface area contributed by atoms with Crippen molar-refractivity contribution in [2.24, 2.45) is 7.05 Å². The molecule has 1 heterocycles. The molecule has 0 saturated carbocycles. The number of benzene rings is 1. The van der Waals surface area contributed by atoms with Gasteiger partial charge in [0.1, 0.15) is 5.82 Å². The van der Waals surface area contributed by atoms with Crippen molar-refractivity contribution in [2.75, 3.05) is 16.8 Å². The van der Waals surface area contributed by atoms with Crippen molar-refractivity contribution in [3.63, 3.8) is 0 Å². The summed E-state index contributed by atoms with van der Waals surface area (Å²) in [5.74, 6) is 1.48. The number of nitrogens with zero attached hydrogens (tertiary/aromatic N) is 3. The molecule has 0 spiro atoms. The van der Waals surface area contributed by atoms with Gasteiger partial charge < -0.3 is 15.6 Å². The van der Waals surface area contributed by atoms with Crippen molar-refractivity contribution in [2.45, 2.75) is 25.4 Å². The lowest BCUT2D eigenvalue weighted by Crippen LogP contribution is -2.13. The number of nitrogens with two attached hydrogens (primary N) is 1. The summed E-state index contributed by atoms with van der Waals surface area (Å²) in [5.41, 5.74) is 8.15. The fourth-order valence-electron chi connectivity index (χ4n) is 1.75. The summed E-state index contributed by atoms with van der Waals surface area (Å²) in [7, 11) is 1.91. The first-order chi connectivity index (χ1) is 9.99. The minimum Gasteiger partial charge on any atom is -0.398 e. The van der Waals surface area contributed by atoms with Gasteiger partial charge in [-0.25, -0.2) is 0 Å². The van der Waals surface area contributed by atoms with Gasteiger partial charge in [-0.15, -0.1) is 10.2 Å². The first kappa shape index (κ1) is 15.4. The molecule has 7 heteroatoms. The van der Waals surface area contributed by atoms with Gasteiger partial charge >= 0.3 is 0 Å². The lowest BCUT2D eigenvalue weighted by atomic mass is 10.1. The van der Waals surface area contributed by atoms with Crippen molar-refractivity contribution >= 4 is 29.0 Å². The van der Waals surface area contributed by atoms with Crippen molar-refractivity contribution in [3.05, 3.63) is 29.6 Å². The average molecular weight is 305 g/mol. The van der Waals surface area contributed by atoms with Crippen LogP contribution in [0.5, 0.6) is 0 Å². The molecule has 0 aliphatic carbocycles. The first-order valence-corrected chi connectivity index (χ1v) is 7.61. The number of anilines is 2. The number of carbonyl (C=O) groups is 1. The molecule has 112 valence electrons. The summed E-state index contributed by atoms with van der Waals surface area (Å²) in [6, 6.07) is 5.50. The molecule has 0 aliphatic heterocycles. The monoisotopic (exact) mass is 305 g/mol. The Morgan fingerprint density at radius 3 is 2.81 bits per heavy atom. The summed E-state index contributed by atoms with van der Waals surface area (Å²) < 4.78 is 1.91. The van der Waals surface area contributed by atoms with Crippen molar-refractivity contribution < 1.29 is 4.79 Å². The third kappa shape index (κ3) is 3.75. The van der Waals surface area contributed by atoms with Gasteiger partial charge in [-0.3, -0.25) is 4.79 Å². The highest BCUT2D eigenvalue weighted by atomic mass is 32.2. The van der Waals surface area contributed by atoms with Crippen LogP contribution >= 0.6 is 11.8 Å². The SMILES string of the molecule is Cc1c(N)cccc1NC(=O)CCSc1nnc(C)n1C. The van der Waals surface area contributed by atoms with E-state index in [1.807, 2.05) is 43.7 Å². The number of nitrogen functional groups attached to an aromatic ring is 1. The van der Waals surface area contributed by atoms with E-state index in [9.17, 15) is 4.79 Å². The second-order valence-electron chi connectivity index (χ2n) is 4.76. The molecule has 1 amide bonds. The molecule has 6 nitrogen and oxygen atoms in total. The lowest BCUT2D eigenvalue weighted by Gasteiger charge is -2.09. The average Bonchev–Trinajstić information content (AvgIpc) is 2.76. The Morgan fingerprint density at radius 2 is 2.14 bits per heavy atom. The molecule has 0 aliphatic rings. The highest BCUT2D eigenvalue weighted by molar-refractivity contribution is 7.99. The van der Waals surface area contributed by atoms with E-state index >= 15 is 0 Å². The number of thioether (sulfide) groups is 1. The van der Waals surface area contributed by atoms with Gasteiger partial charge in [0.25, 0.3) is 0 Å². The van der Waals surface area contributed by atoms with Gasteiger partial charge in [-0.05, 0) is 31.5 Å². The molecule has 0 unspecified atom stereocenters. The second kappa shape index (κ2) is 6.62. The predicted molar refractivity (Wildman–Crippen MR) is 85.3 cm³/mol. The summed E-state index contributed by atoms with van der Waals surface area (Å²) in [6.07, 6.45) is 0.408. The molecule has 0 atom stereocenters. The molecule has 0 radical (unpaired) electrons. The number of rotatable bonds is 5. The number of aromatic nitrogens is 3. The van der Waals surface area contributed by atoms with Crippen LogP contribution in [0.2, 0.25) is 0 Å². The molecular formula is C14H19N5OS. The molecule has 3 N–H and O–H groups in total. The summed E-state index contributed by atoms with van der Waals surface area (Å²) in [6.45, 7) is 3.79. The smallest absolute Gasteiger partial charge is 0.225 e. The van der Waals surface area contributed by atoms with E-state index in [1.54, 1.807) is 0 Å². The number of aryl methyl sites for hydroxylation is 1. The number of hydrogen-bond acceptors (Lipinski definition) is 5. The molecule has 0 bridgehead atoms. The van der Waals surface area contributed by atoms with Crippen molar-refractivity contribution in [1.29, 1.82) is 0 Å². The topological polar surface area (TPSA) is 85.8 Å². The molecule has 0 saturated heterocycles. The number of amides is 1. The fourth-order valence-corrected chi connectivity index (χ4v) is 2.64. The van der Waals surface area contributed by atoms with E-state index in [4.69, 9.17) is 5.73 Å². The second-order valence-corrected chi connectivity index (χ2v) is 5.82. The van der Waals surface area contributed by atoms with Gasteiger partial charge in [0.15, 0.2) is 5.16 Å². The highest BCUT2D eigenvalue weighted by Crippen LogP contribution is 2.21. The summed E-state index contributed by atoms with van der Waals surface area (Å²) >= 11 is 1.52. The molecular weight excluding hydrogens is 286 g/mol. The maximum Gasteiger partial charge on any atom is 0.225 e. The minimum absolute atomic E-state index is 0.0323. The van der Waals surface area contributed by atoms with E-state index in [0.717, 1.165) is 22.2 Å². The summed E-state index contributed by atoms with van der Waals surface area (Å²) in [4.78, 5) is 11.9. The normalized spacial score (nSPS) is 10.6. The molecule has 21 heavy (non-hydrogen) atoms. The van der Waals surface area contributed by atoms with Crippen LogP contribution in [0.3, 0.4) is 0 Å². The van der Waals surface area contributed by atoms with Gasteiger partial charge in [-0.2, -0.15) is 0 Å².